The zero-order chi connectivity index (χ0) is 13.4. The van der Waals surface area contributed by atoms with Crippen molar-refractivity contribution >= 4 is 11.9 Å². The minimum absolute atomic E-state index is 0.249. The molecule has 0 radical (unpaired) electrons. The van der Waals surface area contributed by atoms with Crippen LogP contribution in [0, 0.1) is 0 Å². The van der Waals surface area contributed by atoms with Crippen molar-refractivity contribution in [3.63, 3.8) is 0 Å². The highest BCUT2D eigenvalue weighted by atomic mass is 16.2. The normalized spacial score (nSPS) is 20.3. The van der Waals surface area contributed by atoms with Crippen molar-refractivity contribution < 1.29 is 9.59 Å². The van der Waals surface area contributed by atoms with Crippen LogP contribution in [0.1, 0.15) is 26.2 Å². The lowest BCUT2D eigenvalue weighted by atomic mass is 10.1. The summed E-state index contributed by atoms with van der Waals surface area (Å²) in [5.74, 6) is -0.249. The first-order valence-corrected chi connectivity index (χ1v) is 6.62. The number of hydrogen-bond acceptors (Lipinski definition) is 4. The van der Waals surface area contributed by atoms with E-state index in [4.69, 9.17) is 0 Å². The summed E-state index contributed by atoms with van der Waals surface area (Å²) in [6.45, 7) is 4.64. The maximum atomic E-state index is 11.6. The topological polar surface area (TPSA) is 73.5 Å². The van der Waals surface area contributed by atoms with Gasteiger partial charge in [0.1, 0.15) is 0 Å². The molecule has 1 heterocycles. The van der Waals surface area contributed by atoms with E-state index in [-0.39, 0.29) is 12.5 Å². The number of urea groups is 1. The summed E-state index contributed by atoms with van der Waals surface area (Å²) >= 11 is 0. The molecule has 0 aromatic heterocycles. The van der Waals surface area contributed by atoms with Crippen molar-refractivity contribution in [1.82, 2.24) is 20.9 Å². The van der Waals surface area contributed by atoms with E-state index < -0.39 is 6.03 Å². The lowest BCUT2D eigenvalue weighted by molar-refractivity contribution is -0.121. The van der Waals surface area contributed by atoms with Crippen LogP contribution in [0.25, 0.3) is 0 Å². The zero-order valence-electron chi connectivity index (χ0n) is 11.3. The summed E-state index contributed by atoms with van der Waals surface area (Å²) < 4.78 is 0. The Morgan fingerprint density at radius 1 is 1.33 bits per heavy atom. The summed E-state index contributed by atoms with van der Waals surface area (Å²) in [5, 5.41) is 8.20. The van der Waals surface area contributed by atoms with Gasteiger partial charge in [-0.05, 0) is 46.3 Å². The minimum atomic E-state index is -0.418. The Bertz CT molecular complexity index is 275. The van der Waals surface area contributed by atoms with Crippen LogP contribution in [0.15, 0.2) is 0 Å². The molecule has 1 saturated heterocycles. The van der Waals surface area contributed by atoms with Crippen molar-refractivity contribution in [2.75, 3.05) is 33.2 Å². The molecule has 3 amide bonds. The number of carbonyl (C=O) groups is 2. The molecule has 1 fully saturated rings. The molecule has 1 aliphatic rings. The number of likely N-dealkylation sites (N-methyl/N-ethyl adjacent to an activating group) is 1. The number of nitrogens with zero attached hydrogens (tertiary/aromatic N) is 1. The van der Waals surface area contributed by atoms with Gasteiger partial charge in [-0.15, -0.1) is 0 Å². The highest BCUT2D eigenvalue weighted by Gasteiger charge is 2.19. The van der Waals surface area contributed by atoms with Gasteiger partial charge in [0.05, 0.1) is 6.54 Å². The van der Waals surface area contributed by atoms with E-state index >= 15 is 0 Å². The van der Waals surface area contributed by atoms with Gasteiger partial charge in [0, 0.05) is 12.6 Å². The number of hydrogen-bond donors (Lipinski definition) is 3. The smallest absolute Gasteiger partial charge is 0.321 e. The fourth-order valence-corrected chi connectivity index (χ4v) is 2.17. The Morgan fingerprint density at radius 3 is 2.83 bits per heavy atom. The molecule has 18 heavy (non-hydrogen) atoms. The van der Waals surface area contributed by atoms with E-state index in [2.05, 4.69) is 16.0 Å². The van der Waals surface area contributed by atoms with Gasteiger partial charge in [0.25, 0.3) is 0 Å². The maximum Gasteiger partial charge on any atom is 0.321 e. The molecule has 1 atom stereocenters. The Balaban J connectivity index is 2.31. The van der Waals surface area contributed by atoms with Gasteiger partial charge in [-0.25, -0.2) is 4.79 Å². The van der Waals surface area contributed by atoms with Gasteiger partial charge < -0.3 is 10.6 Å². The molecule has 1 rings (SSSR count). The lowest BCUT2D eigenvalue weighted by Crippen LogP contribution is -2.46. The summed E-state index contributed by atoms with van der Waals surface area (Å²) in [4.78, 5) is 24.9. The Labute approximate surface area is 108 Å². The number of rotatable bonds is 4. The fourth-order valence-electron chi connectivity index (χ4n) is 2.17. The quantitative estimate of drug-likeness (QED) is 0.657. The Kier molecular flexibility index (Phi) is 6.67. The molecule has 3 N–H and O–H groups in total. The summed E-state index contributed by atoms with van der Waals surface area (Å²) in [5.41, 5.74) is 0. The standard InChI is InChI=1S/C12H24N4O2/c1-3-14-12(18)15-11(17)9-16(2)10-5-4-7-13-8-6-10/h10,13H,3-9H2,1-2H3,(H2,14,15,17,18). The second kappa shape index (κ2) is 8.05. The first kappa shape index (κ1) is 14.9. The minimum Gasteiger partial charge on any atom is -0.338 e. The molecule has 6 heteroatoms. The highest BCUT2D eigenvalue weighted by molar-refractivity contribution is 5.95. The number of amides is 3. The maximum absolute atomic E-state index is 11.6. The highest BCUT2D eigenvalue weighted by Crippen LogP contribution is 2.11. The average molecular weight is 256 g/mol. The van der Waals surface area contributed by atoms with Crippen LogP contribution in [0.3, 0.4) is 0 Å². The second-order valence-corrected chi connectivity index (χ2v) is 4.66. The molecule has 0 aromatic rings. The average Bonchev–Trinajstić information content (AvgIpc) is 2.57. The molecule has 104 valence electrons. The second-order valence-electron chi connectivity index (χ2n) is 4.66. The van der Waals surface area contributed by atoms with Gasteiger partial charge in [0.15, 0.2) is 0 Å². The number of nitrogens with one attached hydrogen (secondary N) is 3. The van der Waals surface area contributed by atoms with E-state index in [0.29, 0.717) is 12.6 Å². The van der Waals surface area contributed by atoms with Gasteiger partial charge in [-0.3, -0.25) is 15.0 Å². The third-order valence-electron chi connectivity index (χ3n) is 3.15. The van der Waals surface area contributed by atoms with Crippen molar-refractivity contribution in [2.45, 2.75) is 32.2 Å². The van der Waals surface area contributed by atoms with E-state index in [0.717, 1.165) is 32.4 Å². The SMILES string of the molecule is CCNC(=O)NC(=O)CN(C)C1CCCNCC1. The molecular weight excluding hydrogens is 232 g/mol. The zero-order valence-corrected chi connectivity index (χ0v) is 11.3. The molecule has 0 saturated carbocycles. The van der Waals surface area contributed by atoms with Crippen molar-refractivity contribution in [3.8, 4) is 0 Å². The van der Waals surface area contributed by atoms with Crippen molar-refractivity contribution in [3.05, 3.63) is 0 Å². The van der Waals surface area contributed by atoms with Crippen LogP contribution in [0.2, 0.25) is 0 Å². The van der Waals surface area contributed by atoms with Crippen LogP contribution in [-0.2, 0) is 4.79 Å². The van der Waals surface area contributed by atoms with Gasteiger partial charge in [-0.2, -0.15) is 0 Å². The molecule has 1 unspecified atom stereocenters. The lowest BCUT2D eigenvalue weighted by Gasteiger charge is -2.25. The van der Waals surface area contributed by atoms with Crippen LogP contribution in [0.5, 0.6) is 0 Å². The van der Waals surface area contributed by atoms with Crippen LogP contribution in [-0.4, -0.2) is 56.1 Å². The molecular formula is C12H24N4O2. The molecule has 6 nitrogen and oxygen atoms in total. The third-order valence-corrected chi connectivity index (χ3v) is 3.15. The third kappa shape index (κ3) is 5.46. The van der Waals surface area contributed by atoms with E-state index in [1.807, 2.05) is 18.9 Å². The van der Waals surface area contributed by atoms with Crippen molar-refractivity contribution in [2.24, 2.45) is 0 Å². The van der Waals surface area contributed by atoms with Crippen LogP contribution < -0.4 is 16.0 Å². The molecule has 0 spiro atoms. The summed E-state index contributed by atoms with van der Waals surface area (Å²) in [7, 11) is 1.94. The van der Waals surface area contributed by atoms with E-state index in [1.165, 1.54) is 0 Å². The summed E-state index contributed by atoms with van der Waals surface area (Å²) in [6, 6.07) is -0.00146. The largest absolute Gasteiger partial charge is 0.338 e. The predicted molar refractivity (Wildman–Crippen MR) is 70.4 cm³/mol. The molecule has 0 bridgehead atoms. The van der Waals surface area contributed by atoms with Crippen molar-refractivity contribution in [1.29, 1.82) is 0 Å². The monoisotopic (exact) mass is 256 g/mol. The van der Waals surface area contributed by atoms with Gasteiger partial charge in [0.2, 0.25) is 5.91 Å². The van der Waals surface area contributed by atoms with Gasteiger partial charge in [-0.1, -0.05) is 0 Å². The first-order chi connectivity index (χ1) is 8.63. The number of imide groups is 1. The Hall–Kier alpha value is -1.14. The fraction of sp³-hybridized carbons (Fsp3) is 0.833. The predicted octanol–water partition coefficient (Wildman–Crippen LogP) is -0.0940. The first-order valence-electron chi connectivity index (χ1n) is 6.62. The van der Waals surface area contributed by atoms with E-state index in [9.17, 15) is 9.59 Å². The molecule has 1 aliphatic heterocycles. The number of carbonyl (C=O) groups excluding carboxylic acids is 2. The van der Waals surface area contributed by atoms with Gasteiger partial charge >= 0.3 is 6.03 Å². The molecule has 0 aliphatic carbocycles. The molecule has 0 aromatic carbocycles. The van der Waals surface area contributed by atoms with Crippen LogP contribution in [0.4, 0.5) is 4.79 Å². The van der Waals surface area contributed by atoms with E-state index in [1.54, 1.807) is 0 Å². The van der Waals surface area contributed by atoms with Crippen LogP contribution >= 0.6 is 0 Å². The summed E-state index contributed by atoms with van der Waals surface area (Å²) in [6.07, 6.45) is 3.27. The Morgan fingerprint density at radius 2 is 2.11 bits per heavy atom.